The summed E-state index contributed by atoms with van der Waals surface area (Å²) >= 11 is 0. The Kier molecular flexibility index (Phi) is 30.6. The molecule has 9 N–H and O–H groups in total. The van der Waals surface area contributed by atoms with Gasteiger partial charge in [-0.15, -0.1) is 0 Å². The number of pyridine rings is 3. The molecule has 33 heteroatoms. The highest BCUT2D eigenvalue weighted by Crippen LogP contribution is 2.32. The number of halogens is 6. The van der Waals surface area contributed by atoms with Crippen LogP contribution in [0.2, 0.25) is 0 Å². The van der Waals surface area contributed by atoms with Crippen LogP contribution in [0.5, 0.6) is 17.2 Å². The molecule has 3 aromatic heterocycles. The van der Waals surface area contributed by atoms with E-state index in [0.717, 1.165) is 54.8 Å². The van der Waals surface area contributed by atoms with E-state index in [4.69, 9.17) is 30.2 Å². The van der Waals surface area contributed by atoms with Gasteiger partial charge in [-0.25, -0.2) is 31.1 Å². The van der Waals surface area contributed by atoms with Gasteiger partial charge in [-0.1, -0.05) is 70.8 Å². The molecule has 0 spiro atoms. The number of hydrogen-bond donors (Lipinski definition) is 8. The summed E-state index contributed by atoms with van der Waals surface area (Å²) in [5.74, 6) is -11.6. The predicted octanol–water partition coefficient (Wildman–Crippen LogP) is 5.39. The number of aromatic hydroxyl groups is 2. The lowest BCUT2D eigenvalue weighted by Gasteiger charge is -2.34. The molecule has 4 aliphatic heterocycles. The lowest BCUT2D eigenvalue weighted by molar-refractivity contribution is -0.108. The first-order chi connectivity index (χ1) is 47.2. The highest BCUT2D eigenvalue weighted by Gasteiger charge is 2.45. The van der Waals surface area contributed by atoms with Crippen molar-refractivity contribution in [3.63, 3.8) is 0 Å². The molecule has 102 heavy (non-hydrogen) atoms. The van der Waals surface area contributed by atoms with E-state index in [9.17, 15) is 84.5 Å². The smallest absolute Gasteiger partial charge is 0.358 e. The Labute approximate surface area is 580 Å². The molecule has 0 bridgehead atoms. The normalized spacial score (nSPS) is 15.9. The molecule has 0 saturated carbocycles. The average molecular weight is 1440 g/mol. The van der Waals surface area contributed by atoms with E-state index in [0.29, 0.717) is 37.7 Å². The average Bonchev–Trinajstić information content (AvgIpc) is 1.37. The van der Waals surface area contributed by atoms with Crippen LogP contribution in [0.1, 0.15) is 128 Å². The number of hydrogen-bond acceptors (Lipinski definition) is 19. The van der Waals surface area contributed by atoms with E-state index in [-0.39, 0.29) is 126 Å². The van der Waals surface area contributed by atoms with Gasteiger partial charge in [0.25, 0.3) is 29.5 Å². The number of nitrogens with two attached hydrogens (primary N) is 1. The van der Waals surface area contributed by atoms with Crippen molar-refractivity contribution >= 4 is 41.8 Å². The standard InChI is InChI=1S/C26H23F2N3O5.C19H17F2N3O5.C17H14F2N2O6.C3H9NO.CH4O.3CH4/c1-15-13-35-21-12-30-11-19(25(33)29-10-17-7-8-18(27)9-20(17)28)23(32)24(22(30)26(34)31(15)21)36-14-16-5-3-2-4-6-16;1-9-8-29-14-7-23-6-12(16(25)17(26)15(23)19(28)24(9)14)18(27)22-5-10-2-3-11(20)4-13(10)21;1-27-17(26)13-15(24)14(23)11(8-21(13)4-5-22)16(25)20-7-9-2-3-10(18)6-12(9)19;1-3(4)2-5;1-2;;;/h2-9,11,15,21H,10,12-14H2,1H3,(H,29,33);2-4,6,9,14,26H,5,7-8H2,1H3,(H,22,27);2-3,5-6,8,24H,4,7H2,1H3,(H,20,25);3,5H,2,4H2,1H3;2H,1H3;3*1H4/t15-,21+;9-,14+;;3-;;;;/m11.1..../s1. The molecule has 0 radical (unpaired) electrons. The number of aliphatic hydroxyl groups excluding tert-OH is 2. The number of ether oxygens (including phenoxy) is 4. The number of carbonyl (C=O) groups is 7. The van der Waals surface area contributed by atoms with Crippen LogP contribution in [-0.4, -0.2) is 150 Å². The molecule has 7 heterocycles. The fourth-order valence-electron chi connectivity index (χ4n) is 10.3. The summed E-state index contributed by atoms with van der Waals surface area (Å²) < 4.78 is 106. The van der Waals surface area contributed by atoms with Crippen molar-refractivity contribution in [1.29, 1.82) is 0 Å². The lowest BCUT2D eigenvalue weighted by atomic mass is 10.1. The second-order valence-corrected chi connectivity index (χ2v) is 22.2. The predicted molar refractivity (Wildman–Crippen MR) is 356 cm³/mol. The van der Waals surface area contributed by atoms with Crippen LogP contribution in [0.3, 0.4) is 0 Å². The van der Waals surface area contributed by atoms with Gasteiger partial charge in [0.2, 0.25) is 16.3 Å². The molecule has 5 atom stereocenters. The number of carbonyl (C=O) groups excluding carboxylic acids is 7. The number of nitrogens with one attached hydrogen (secondary N) is 3. The zero-order chi connectivity index (χ0) is 72.7. The van der Waals surface area contributed by atoms with Crippen LogP contribution >= 0.6 is 0 Å². The van der Waals surface area contributed by atoms with Gasteiger partial charge in [0.05, 0.1) is 58.6 Å². The zero-order valence-corrected chi connectivity index (χ0v) is 53.4. The van der Waals surface area contributed by atoms with Gasteiger partial charge < -0.3 is 89.4 Å². The number of amides is 5. The Bertz CT molecular complexity index is 4380. The summed E-state index contributed by atoms with van der Waals surface area (Å²) in [6.45, 7) is 5.17. The Morgan fingerprint density at radius 1 is 0.618 bits per heavy atom. The second kappa shape index (κ2) is 37.4. The Morgan fingerprint density at radius 2 is 1.01 bits per heavy atom. The molecule has 2 saturated heterocycles. The highest BCUT2D eigenvalue weighted by molar-refractivity contribution is 6.01. The van der Waals surface area contributed by atoms with Crippen molar-refractivity contribution in [3.05, 3.63) is 225 Å². The molecule has 4 aliphatic rings. The third kappa shape index (κ3) is 19.3. The van der Waals surface area contributed by atoms with Gasteiger partial charge in [-0.2, -0.15) is 0 Å². The molecule has 0 aliphatic carbocycles. The summed E-state index contributed by atoms with van der Waals surface area (Å²) in [6.07, 6.45) is 2.66. The lowest BCUT2D eigenvalue weighted by Crippen LogP contribution is -2.49. The monoisotopic (exact) mass is 1440 g/mol. The minimum Gasteiger partial charge on any atom is -0.503 e. The molecule has 550 valence electrons. The number of fused-ring (bicyclic) bond motifs is 4. The maximum atomic E-state index is 14.0. The number of benzene rings is 4. The van der Waals surface area contributed by atoms with E-state index in [1.807, 2.05) is 37.3 Å². The minimum absolute atomic E-state index is 0. The van der Waals surface area contributed by atoms with Crippen molar-refractivity contribution in [2.45, 2.75) is 120 Å². The minimum atomic E-state index is -1.17. The molecular formula is C69H79F6N9O18. The topological polar surface area (TPSA) is 372 Å². The van der Waals surface area contributed by atoms with Gasteiger partial charge >= 0.3 is 5.97 Å². The van der Waals surface area contributed by atoms with Gasteiger partial charge in [0, 0.05) is 86.3 Å². The van der Waals surface area contributed by atoms with Gasteiger partial charge in [0.1, 0.15) is 64.5 Å². The van der Waals surface area contributed by atoms with Crippen molar-refractivity contribution in [2.24, 2.45) is 5.73 Å². The van der Waals surface area contributed by atoms with Crippen LogP contribution in [0.4, 0.5) is 26.3 Å². The first-order valence-corrected chi connectivity index (χ1v) is 29.9. The second-order valence-electron chi connectivity index (χ2n) is 22.2. The third-order valence-electron chi connectivity index (χ3n) is 15.2. The van der Waals surface area contributed by atoms with Crippen LogP contribution in [0.15, 0.2) is 118 Å². The fourth-order valence-corrected chi connectivity index (χ4v) is 10.3. The molecule has 2 fully saturated rings. The Balaban J connectivity index is 0.000000308. The van der Waals surface area contributed by atoms with Crippen LogP contribution in [-0.2, 0) is 64.9 Å². The summed E-state index contributed by atoms with van der Waals surface area (Å²) in [4.78, 5) is 127. The number of methoxy groups -OCH3 is 1. The maximum absolute atomic E-state index is 14.0. The number of esters is 1. The van der Waals surface area contributed by atoms with Crippen LogP contribution in [0.25, 0.3) is 0 Å². The quantitative estimate of drug-likeness (QED) is 0.0341. The summed E-state index contributed by atoms with van der Waals surface area (Å²) in [5, 5.41) is 42.4. The van der Waals surface area contributed by atoms with Crippen molar-refractivity contribution in [2.75, 3.05) is 34.0 Å². The largest absolute Gasteiger partial charge is 0.503 e. The summed E-state index contributed by atoms with van der Waals surface area (Å²) in [7, 11) is 2.01. The number of aldehydes is 1. The Hall–Kier alpha value is -11.0. The van der Waals surface area contributed by atoms with E-state index in [1.54, 1.807) is 18.7 Å². The molecule has 4 aromatic carbocycles. The van der Waals surface area contributed by atoms with Crippen molar-refractivity contribution < 1.29 is 99.3 Å². The number of aromatic nitrogens is 3. The molecule has 27 nitrogen and oxygen atoms in total. The highest BCUT2D eigenvalue weighted by atomic mass is 19.2. The van der Waals surface area contributed by atoms with Gasteiger partial charge in [0.15, 0.2) is 46.8 Å². The van der Waals surface area contributed by atoms with E-state index < -0.39 is 134 Å². The molecule has 11 rings (SSSR count). The number of aliphatic hydroxyl groups is 2. The Morgan fingerprint density at radius 3 is 1.41 bits per heavy atom. The molecule has 0 unspecified atom stereocenters. The van der Waals surface area contributed by atoms with E-state index >= 15 is 0 Å². The van der Waals surface area contributed by atoms with E-state index in [2.05, 4.69) is 20.7 Å². The van der Waals surface area contributed by atoms with E-state index in [1.165, 1.54) is 38.6 Å². The summed E-state index contributed by atoms with van der Waals surface area (Å²) in [6, 6.07) is 17.3. The van der Waals surface area contributed by atoms with Crippen molar-refractivity contribution in [1.82, 2.24) is 39.5 Å². The molecule has 7 aromatic rings. The maximum Gasteiger partial charge on any atom is 0.358 e. The van der Waals surface area contributed by atoms with Crippen LogP contribution < -0.4 is 42.7 Å². The number of nitrogens with zero attached hydrogens (tertiary/aromatic N) is 5. The van der Waals surface area contributed by atoms with Gasteiger partial charge in [-0.3, -0.25) is 38.4 Å². The SMILES string of the molecule is C.C.C.CO.COC(=O)c1c(O)c(=O)c(C(=O)NCc2ccc(F)cc2F)cn1CC=O.C[C@@H](N)CO.C[C@@H]1CO[C@H]2Cn3cc(C(=O)NCc4ccc(F)cc4F)c(=O)c(O)c3C(=O)N12.C[C@@H]1CO[C@H]2Cn3cc(C(=O)NCc4ccc(F)cc4F)c(=O)c(OCc4ccccc4)c3C(=O)N12. The third-order valence-corrected chi connectivity index (χ3v) is 15.2. The molecule has 5 amide bonds. The number of rotatable bonds is 16. The summed E-state index contributed by atoms with van der Waals surface area (Å²) in [5.41, 5.74) is 0.943. The zero-order valence-electron chi connectivity index (χ0n) is 53.4. The van der Waals surface area contributed by atoms with Crippen molar-refractivity contribution in [3.8, 4) is 17.2 Å². The fraction of sp³-hybridized carbons (Fsp3) is 0.333. The van der Waals surface area contributed by atoms with Crippen LogP contribution in [0, 0.1) is 34.9 Å². The van der Waals surface area contributed by atoms with Gasteiger partial charge in [-0.05, 0) is 44.5 Å². The first kappa shape index (κ1) is 83.4. The molecular weight excluding hydrogens is 1360 g/mol. The first-order valence-electron chi connectivity index (χ1n) is 29.9.